The molecule has 30 heavy (non-hydrogen) atoms. The average Bonchev–Trinajstić information content (AvgIpc) is 3.14. The summed E-state index contributed by atoms with van der Waals surface area (Å²) in [5, 5.41) is 15.6. The van der Waals surface area contributed by atoms with Crippen LogP contribution in [0.3, 0.4) is 0 Å². The molecule has 4 rings (SSSR count). The van der Waals surface area contributed by atoms with Crippen molar-refractivity contribution in [2.45, 2.75) is 6.42 Å². The molecule has 0 spiro atoms. The predicted octanol–water partition coefficient (Wildman–Crippen LogP) is 5.35. The van der Waals surface area contributed by atoms with Gasteiger partial charge in [-0.05, 0) is 29.7 Å². The normalized spacial score (nSPS) is 10.7. The van der Waals surface area contributed by atoms with E-state index < -0.39 is 5.97 Å². The SMILES string of the molecule is COc1ccc(-c2nc(Nc3cccc4ccccc34)sc2CC(=O)O)cc1OC. The molecule has 1 heterocycles. The number of ether oxygens (including phenoxy) is 2. The zero-order chi connectivity index (χ0) is 21.1. The van der Waals surface area contributed by atoms with E-state index in [1.807, 2.05) is 48.5 Å². The number of hydrogen-bond acceptors (Lipinski definition) is 6. The lowest BCUT2D eigenvalue weighted by molar-refractivity contribution is -0.136. The number of hydrogen-bond donors (Lipinski definition) is 2. The molecule has 1 aromatic heterocycles. The summed E-state index contributed by atoms with van der Waals surface area (Å²) < 4.78 is 10.7. The smallest absolute Gasteiger partial charge is 0.308 e. The van der Waals surface area contributed by atoms with Crippen LogP contribution in [0.5, 0.6) is 11.5 Å². The maximum absolute atomic E-state index is 11.4. The van der Waals surface area contributed by atoms with Crippen molar-refractivity contribution in [3.8, 4) is 22.8 Å². The third-order valence-corrected chi connectivity index (χ3v) is 5.67. The Hall–Kier alpha value is -3.58. The second-order valence-corrected chi connectivity index (χ2v) is 7.67. The van der Waals surface area contributed by atoms with Gasteiger partial charge < -0.3 is 19.9 Å². The summed E-state index contributed by atoms with van der Waals surface area (Å²) in [7, 11) is 3.14. The number of aliphatic carboxylic acids is 1. The topological polar surface area (TPSA) is 80.7 Å². The highest BCUT2D eigenvalue weighted by molar-refractivity contribution is 7.16. The molecule has 0 bridgehead atoms. The zero-order valence-electron chi connectivity index (χ0n) is 16.5. The van der Waals surface area contributed by atoms with Crippen LogP contribution in [-0.2, 0) is 11.2 Å². The third kappa shape index (κ3) is 3.92. The summed E-state index contributed by atoms with van der Waals surface area (Å²) in [6.45, 7) is 0. The average molecular weight is 420 g/mol. The Balaban J connectivity index is 1.76. The highest BCUT2D eigenvalue weighted by atomic mass is 32.1. The summed E-state index contributed by atoms with van der Waals surface area (Å²) in [4.78, 5) is 16.8. The lowest BCUT2D eigenvalue weighted by Gasteiger charge is -2.09. The van der Waals surface area contributed by atoms with E-state index in [4.69, 9.17) is 14.5 Å². The van der Waals surface area contributed by atoms with Gasteiger partial charge in [-0.1, -0.05) is 36.4 Å². The zero-order valence-corrected chi connectivity index (χ0v) is 17.3. The van der Waals surface area contributed by atoms with Crippen LogP contribution in [0.15, 0.2) is 60.7 Å². The van der Waals surface area contributed by atoms with Crippen LogP contribution in [0.2, 0.25) is 0 Å². The van der Waals surface area contributed by atoms with Gasteiger partial charge in [0.1, 0.15) is 0 Å². The quantitative estimate of drug-likeness (QED) is 0.419. The van der Waals surface area contributed by atoms with E-state index in [1.54, 1.807) is 26.4 Å². The number of fused-ring (bicyclic) bond motifs is 1. The number of anilines is 2. The molecule has 7 heteroatoms. The predicted molar refractivity (Wildman–Crippen MR) is 119 cm³/mol. The van der Waals surface area contributed by atoms with Crippen molar-refractivity contribution in [3.05, 3.63) is 65.5 Å². The molecular weight excluding hydrogens is 400 g/mol. The molecule has 0 fully saturated rings. The number of carboxylic acid groups (broad SMARTS) is 1. The third-order valence-electron chi connectivity index (χ3n) is 4.70. The second-order valence-electron chi connectivity index (χ2n) is 6.58. The second kappa shape index (κ2) is 8.42. The lowest BCUT2D eigenvalue weighted by atomic mass is 10.1. The van der Waals surface area contributed by atoms with E-state index in [1.165, 1.54) is 11.3 Å². The van der Waals surface area contributed by atoms with Crippen molar-refractivity contribution in [2.75, 3.05) is 19.5 Å². The van der Waals surface area contributed by atoms with Crippen LogP contribution in [0.25, 0.3) is 22.0 Å². The standard InChI is InChI=1S/C23H20N2O4S/c1-28-18-11-10-15(12-19(18)29-2)22-20(13-21(26)27)30-23(25-22)24-17-9-5-7-14-6-3-4-8-16(14)17/h3-12H,13H2,1-2H3,(H,24,25)(H,26,27). The highest BCUT2D eigenvalue weighted by Crippen LogP contribution is 2.38. The first kappa shape index (κ1) is 19.7. The number of methoxy groups -OCH3 is 2. The molecule has 6 nitrogen and oxygen atoms in total. The van der Waals surface area contributed by atoms with Gasteiger partial charge in [-0.15, -0.1) is 11.3 Å². The molecule has 0 saturated carbocycles. The Labute approximate surface area is 177 Å². The molecule has 0 aliphatic carbocycles. The van der Waals surface area contributed by atoms with Crippen molar-refractivity contribution < 1.29 is 19.4 Å². The van der Waals surface area contributed by atoms with E-state index >= 15 is 0 Å². The van der Waals surface area contributed by atoms with Gasteiger partial charge in [-0.2, -0.15) is 0 Å². The first-order valence-electron chi connectivity index (χ1n) is 9.27. The number of carboxylic acids is 1. The molecule has 0 saturated heterocycles. The molecule has 2 N–H and O–H groups in total. The summed E-state index contributed by atoms with van der Waals surface area (Å²) in [5.74, 6) is 0.260. The largest absolute Gasteiger partial charge is 0.493 e. The fourth-order valence-corrected chi connectivity index (χ4v) is 4.31. The van der Waals surface area contributed by atoms with E-state index in [9.17, 15) is 9.90 Å². The number of nitrogens with one attached hydrogen (secondary N) is 1. The van der Waals surface area contributed by atoms with Crippen LogP contribution >= 0.6 is 11.3 Å². The van der Waals surface area contributed by atoms with Crippen LogP contribution in [0.1, 0.15) is 4.88 Å². The minimum absolute atomic E-state index is 0.113. The fraction of sp³-hybridized carbons (Fsp3) is 0.130. The van der Waals surface area contributed by atoms with Crippen LogP contribution in [0, 0.1) is 0 Å². The number of aromatic nitrogens is 1. The van der Waals surface area contributed by atoms with Gasteiger partial charge in [0.15, 0.2) is 16.6 Å². The minimum atomic E-state index is -0.905. The van der Waals surface area contributed by atoms with Crippen molar-refractivity contribution in [1.82, 2.24) is 4.98 Å². The van der Waals surface area contributed by atoms with Crippen LogP contribution in [0.4, 0.5) is 10.8 Å². The number of nitrogens with zero attached hydrogens (tertiary/aromatic N) is 1. The first-order valence-corrected chi connectivity index (χ1v) is 10.1. The number of benzene rings is 3. The van der Waals surface area contributed by atoms with E-state index in [0.717, 1.165) is 22.0 Å². The lowest BCUT2D eigenvalue weighted by Crippen LogP contribution is -1.99. The van der Waals surface area contributed by atoms with Gasteiger partial charge in [0.05, 0.1) is 26.3 Å². The summed E-state index contributed by atoms with van der Waals surface area (Å²) >= 11 is 1.33. The highest BCUT2D eigenvalue weighted by Gasteiger charge is 2.18. The first-order chi connectivity index (χ1) is 14.6. The van der Waals surface area contributed by atoms with E-state index in [2.05, 4.69) is 5.32 Å². The van der Waals surface area contributed by atoms with E-state index in [-0.39, 0.29) is 6.42 Å². The monoisotopic (exact) mass is 420 g/mol. The van der Waals surface area contributed by atoms with Crippen molar-refractivity contribution in [3.63, 3.8) is 0 Å². The van der Waals surface area contributed by atoms with Gasteiger partial charge >= 0.3 is 5.97 Å². The van der Waals surface area contributed by atoms with Crippen LogP contribution in [-0.4, -0.2) is 30.3 Å². The molecular formula is C23H20N2O4S. The Bertz CT molecular complexity index is 1210. The number of rotatable bonds is 7. The molecule has 0 atom stereocenters. The molecule has 0 amide bonds. The van der Waals surface area contributed by atoms with Gasteiger partial charge in [0, 0.05) is 21.5 Å². The Morgan fingerprint density at radius 2 is 1.80 bits per heavy atom. The Morgan fingerprint density at radius 3 is 2.57 bits per heavy atom. The van der Waals surface area contributed by atoms with Crippen molar-refractivity contribution in [1.29, 1.82) is 0 Å². The maximum atomic E-state index is 11.4. The van der Waals surface area contributed by atoms with Gasteiger partial charge in [0.25, 0.3) is 0 Å². The maximum Gasteiger partial charge on any atom is 0.308 e. The van der Waals surface area contributed by atoms with Gasteiger partial charge in [0.2, 0.25) is 0 Å². The number of thiazole rings is 1. The van der Waals surface area contributed by atoms with Crippen molar-refractivity contribution >= 4 is 38.9 Å². The molecule has 0 aliphatic heterocycles. The summed E-state index contributed by atoms with van der Waals surface area (Å²) in [6, 6.07) is 19.5. The molecule has 3 aromatic carbocycles. The van der Waals surface area contributed by atoms with Crippen LogP contribution < -0.4 is 14.8 Å². The Kier molecular flexibility index (Phi) is 5.54. The number of carbonyl (C=O) groups is 1. The Morgan fingerprint density at radius 1 is 1.03 bits per heavy atom. The molecule has 152 valence electrons. The molecule has 0 unspecified atom stereocenters. The molecule has 0 radical (unpaired) electrons. The minimum Gasteiger partial charge on any atom is -0.493 e. The van der Waals surface area contributed by atoms with Gasteiger partial charge in [-0.3, -0.25) is 4.79 Å². The molecule has 4 aromatic rings. The molecule has 0 aliphatic rings. The summed E-state index contributed by atoms with van der Waals surface area (Å²) in [6.07, 6.45) is -0.113. The van der Waals surface area contributed by atoms with Crippen molar-refractivity contribution in [2.24, 2.45) is 0 Å². The summed E-state index contributed by atoms with van der Waals surface area (Å²) in [5.41, 5.74) is 2.31. The van der Waals surface area contributed by atoms with E-state index in [0.29, 0.717) is 27.2 Å². The fourth-order valence-electron chi connectivity index (χ4n) is 3.32. The van der Waals surface area contributed by atoms with Gasteiger partial charge in [-0.25, -0.2) is 4.98 Å².